The zero-order valence-corrected chi connectivity index (χ0v) is 12.1. The van der Waals surface area contributed by atoms with Crippen LogP contribution < -0.4 is 9.47 Å². The predicted molar refractivity (Wildman–Crippen MR) is 78.5 cm³/mol. The van der Waals surface area contributed by atoms with Crippen molar-refractivity contribution in [3.63, 3.8) is 0 Å². The highest BCUT2D eigenvalue weighted by Gasteiger charge is 2.16. The second-order valence-electron chi connectivity index (χ2n) is 4.18. The summed E-state index contributed by atoms with van der Waals surface area (Å²) in [6, 6.07) is 8.39. The molecule has 0 amide bonds. The smallest absolute Gasteiger partial charge is 0.337 e. The van der Waals surface area contributed by atoms with E-state index in [0.29, 0.717) is 18.1 Å². The number of carboxylic acid groups (broad SMARTS) is 1. The Morgan fingerprint density at radius 2 is 2.00 bits per heavy atom. The third-order valence-corrected chi connectivity index (χ3v) is 2.97. The van der Waals surface area contributed by atoms with Crippen LogP contribution in [0.4, 0.5) is 0 Å². The van der Waals surface area contributed by atoms with Gasteiger partial charge in [-0.25, -0.2) is 9.78 Å². The van der Waals surface area contributed by atoms with Crippen LogP contribution in [-0.2, 0) is 0 Å². The lowest BCUT2D eigenvalue weighted by atomic mass is 10.2. The number of hydrogen-bond donors (Lipinski definition) is 1. The second-order valence-corrected chi connectivity index (χ2v) is 4.56. The molecule has 110 valence electrons. The molecule has 0 spiro atoms. The van der Waals surface area contributed by atoms with Crippen molar-refractivity contribution in [2.75, 3.05) is 6.61 Å². The minimum atomic E-state index is -1.14. The lowest BCUT2D eigenvalue weighted by Crippen LogP contribution is -2.01. The third-order valence-electron chi connectivity index (χ3n) is 2.61. The summed E-state index contributed by atoms with van der Waals surface area (Å²) in [4.78, 5) is 15.0. The molecular formula is C15H14ClNO4. The summed E-state index contributed by atoms with van der Waals surface area (Å²) < 4.78 is 11.2. The van der Waals surface area contributed by atoms with Crippen LogP contribution >= 0.6 is 11.6 Å². The SMILES string of the molecule is CCCOc1ccccc1Oc1nccc(C(=O)O)c1Cl. The number of carboxylic acids is 1. The van der Waals surface area contributed by atoms with Crippen LogP contribution in [0.2, 0.25) is 5.02 Å². The van der Waals surface area contributed by atoms with E-state index in [9.17, 15) is 4.79 Å². The van der Waals surface area contributed by atoms with Crippen molar-refractivity contribution in [1.82, 2.24) is 4.98 Å². The first-order valence-corrected chi connectivity index (χ1v) is 6.78. The Morgan fingerprint density at radius 3 is 2.67 bits per heavy atom. The number of para-hydroxylation sites is 2. The molecular weight excluding hydrogens is 294 g/mol. The Bertz CT molecular complexity index is 645. The summed E-state index contributed by atoms with van der Waals surface area (Å²) in [5.41, 5.74) is -0.0615. The number of aromatic nitrogens is 1. The highest BCUT2D eigenvalue weighted by Crippen LogP contribution is 2.34. The van der Waals surface area contributed by atoms with Crippen LogP contribution in [0, 0.1) is 0 Å². The Hall–Kier alpha value is -2.27. The van der Waals surface area contributed by atoms with Gasteiger partial charge < -0.3 is 14.6 Å². The van der Waals surface area contributed by atoms with Gasteiger partial charge in [0.2, 0.25) is 5.88 Å². The molecule has 0 radical (unpaired) electrons. The number of nitrogens with zero attached hydrogens (tertiary/aromatic N) is 1. The largest absolute Gasteiger partial charge is 0.490 e. The van der Waals surface area contributed by atoms with Gasteiger partial charge in [-0.3, -0.25) is 0 Å². The van der Waals surface area contributed by atoms with Gasteiger partial charge in [-0.2, -0.15) is 0 Å². The van der Waals surface area contributed by atoms with Crippen molar-refractivity contribution in [3.8, 4) is 17.4 Å². The highest BCUT2D eigenvalue weighted by atomic mass is 35.5. The maximum absolute atomic E-state index is 11.0. The van der Waals surface area contributed by atoms with E-state index in [1.807, 2.05) is 13.0 Å². The summed E-state index contributed by atoms with van der Waals surface area (Å²) in [6.07, 6.45) is 2.20. The molecule has 6 heteroatoms. The minimum absolute atomic E-state index is 0.0316. The van der Waals surface area contributed by atoms with E-state index in [4.69, 9.17) is 26.2 Å². The summed E-state index contributed by atoms with van der Waals surface area (Å²) in [5, 5.41) is 8.99. The second kappa shape index (κ2) is 6.95. The number of halogens is 1. The number of pyridine rings is 1. The van der Waals surface area contributed by atoms with Crippen molar-refractivity contribution in [1.29, 1.82) is 0 Å². The van der Waals surface area contributed by atoms with Gasteiger partial charge in [-0.05, 0) is 24.6 Å². The van der Waals surface area contributed by atoms with Crippen molar-refractivity contribution >= 4 is 17.6 Å². The fraction of sp³-hybridized carbons (Fsp3) is 0.200. The first-order valence-electron chi connectivity index (χ1n) is 6.41. The lowest BCUT2D eigenvalue weighted by Gasteiger charge is -2.12. The summed E-state index contributed by atoms with van der Waals surface area (Å²) in [6.45, 7) is 2.55. The van der Waals surface area contributed by atoms with Gasteiger partial charge in [-0.15, -0.1) is 0 Å². The Kier molecular flexibility index (Phi) is 5.00. The number of carbonyl (C=O) groups is 1. The van der Waals surface area contributed by atoms with Crippen molar-refractivity contribution < 1.29 is 19.4 Å². The molecule has 2 rings (SSSR count). The number of aromatic carboxylic acids is 1. The van der Waals surface area contributed by atoms with Gasteiger partial charge in [0.25, 0.3) is 0 Å². The standard InChI is InChI=1S/C15H14ClNO4/c1-2-9-20-11-5-3-4-6-12(11)21-14-13(16)10(15(18)19)7-8-17-14/h3-8H,2,9H2,1H3,(H,18,19). The van der Waals surface area contributed by atoms with Crippen LogP contribution in [0.25, 0.3) is 0 Å². The fourth-order valence-corrected chi connectivity index (χ4v) is 1.86. The number of rotatable bonds is 6. The van der Waals surface area contributed by atoms with E-state index >= 15 is 0 Å². The first kappa shape index (κ1) is 15.1. The average molecular weight is 308 g/mol. The van der Waals surface area contributed by atoms with E-state index in [1.54, 1.807) is 18.2 Å². The monoisotopic (exact) mass is 307 g/mol. The van der Waals surface area contributed by atoms with E-state index in [0.717, 1.165) is 6.42 Å². The van der Waals surface area contributed by atoms with Crippen LogP contribution in [0.5, 0.6) is 17.4 Å². The van der Waals surface area contributed by atoms with Gasteiger partial charge in [0.1, 0.15) is 5.02 Å². The zero-order chi connectivity index (χ0) is 15.2. The molecule has 0 aliphatic carbocycles. The highest BCUT2D eigenvalue weighted by molar-refractivity contribution is 6.34. The molecule has 0 bridgehead atoms. The molecule has 0 aliphatic rings. The minimum Gasteiger partial charge on any atom is -0.490 e. The van der Waals surface area contributed by atoms with Crippen molar-refractivity contribution in [3.05, 3.63) is 47.1 Å². The maximum Gasteiger partial charge on any atom is 0.337 e. The third kappa shape index (κ3) is 3.64. The topological polar surface area (TPSA) is 68.7 Å². The van der Waals surface area contributed by atoms with Crippen LogP contribution in [0.15, 0.2) is 36.5 Å². The van der Waals surface area contributed by atoms with Crippen molar-refractivity contribution in [2.45, 2.75) is 13.3 Å². The van der Waals surface area contributed by atoms with E-state index in [2.05, 4.69) is 4.98 Å². The molecule has 1 N–H and O–H groups in total. The quantitative estimate of drug-likeness (QED) is 0.873. The molecule has 1 aromatic heterocycles. The molecule has 5 nitrogen and oxygen atoms in total. The lowest BCUT2D eigenvalue weighted by molar-refractivity contribution is 0.0696. The Labute approximate surface area is 127 Å². The Morgan fingerprint density at radius 1 is 1.29 bits per heavy atom. The first-order chi connectivity index (χ1) is 10.1. The molecule has 0 aliphatic heterocycles. The van der Waals surface area contributed by atoms with Gasteiger partial charge in [0.05, 0.1) is 12.2 Å². The molecule has 0 atom stereocenters. The normalized spacial score (nSPS) is 10.2. The molecule has 1 heterocycles. The maximum atomic E-state index is 11.0. The predicted octanol–water partition coefficient (Wildman–Crippen LogP) is 4.01. The zero-order valence-electron chi connectivity index (χ0n) is 11.4. The van der Waals surface area contributed by atoms with E-state index < -0.39 is 5.97 Å². The van der Waals surface area contributed by atoms with Gasteiger partial charge in [-0.1, -0.05) is 30.7 Å². The molecule has 0 fully saturated rings. The van der Waals surface area contributed by atoms with Gasteiger partial charge >= 0.3 is 5.97 Å². The molecule has 0 unspecified atom stereocenters. The average Bonchev–Trinajstić information content (AvgIpc) is 2.48. The van der Waals surface area contributed by atoms with Gasteiger partial charge in [0, 0.05) is 6.20 Å². The summed E-state index contributed by atoms with van der Waals surface area (Å²) in [7, 11) is 0. The number of ether oxygens (including phenoxy) is 2. The van der Waals surface area contributed by atoms with Gasteiger partial charge in [0.15, 0.2) is 11.5 Å². The number of benzene rings is 1. The van der Waals surface area contributed by atoms with Crippen LogP contribution in [0.1, 0.15) is 23.7 Å². The van der Waals surface area contributed by atoms with Crippen molar-refractivity contribution in [2.24, 2.45) is 0 Å². The van der Waals surface area contributed by atoms with E-state index in [-0.39, 0.29) is 16.5 Å². The van der Waals surface area contributed by atoms with E-state index in [1.165, 1.54) is 12.3 Å². The molecule has 0 saturated carbocycles. The van der Waals surface area contributed by atoms with Crippen LogP contribution in [0.3, 0.4) is 0 Å². The molecule has 21 heavy (non-hydrogen) atoms. The molecule has 1 aromatic carbocycles. The molecule has 2 aromatic rings. The molecule has 0 saturated heterocycles. The summed E-state index contributed by atoms with van der Waals surface area (Å²) >= 11 is 6.00. The summed E-state index contributed by atoms with van der Waals surface area (Å²) in [5.74, 6) is -0.118. The van der Waals surface area contributed by atoms with Crippen LogP contribution in [-0.4, -0.2) is 22.7 Å². The Balaban J connectivity index is 2.30. The fourth-order valence-electron chi connectivity index (χ4n) is 1.63. The number of hydrogen-bond acceptors (Lipinski definition) is 4.